The summed E-state index contributed by atoms with van der Waals surface area (Å²) >= 11 is 0. The molecule has 9 nitrogen and oxygen atoms in total. The summed E-state index contributed by atoms with van der Waals surface area (Å²) in [4.78, 5) is 39.4. The number of nitro groups is 1. The van der Waals surface area contributed by atoms with Gasteiger partial charge in [-0.1, -0.05) is 6.07 Å². The van der Waals surface area contributed by atoms with E-state index in [9.17, 15) is 19.7 Å². The van der Waals surface area contributed by atoms with Crippen LogP contribution in [0.25, 0.3) is 0 Å². The highest BCUT2D eigenvalue weighted by Gasteiger charge is 2.33. The third kappa shape index (κ3) is 4.54. The topological polar surface area (TPSA) is 120 Å². The Kier molecular flexibility index (Phi) is 6.18. The van der Waals surface area contributed by atoms with E-state index in [1.54, 1.807) is 21.9 Å². The van der Waals surface area contributed by atoms with Gasteiger partial charge in [0.2, 0.25) is 11.8 Å². The first kappa shape index (κ1) is 21.2. The summed E-state index contributed by atoms with van der Waals surface area (Å²) in [5, 5.41) is 23.4. The van der Waals surface area contributed by atoms with Crippen molar-refractivity contribution in [3.63, 3.8) is 0 Å². The standard InChI is InChI=1S/C22H27N5O4/c23-11-20-2-1-9-26(20)21(28)12-24-18-6-3-15(4-7-18)22(29)25-13-16-5-8-19(27(30)31)10-17(16)14-25/h5,8,10,15,18,20,24H,1-4,6-7,9,12-14H2/t15?,18?,20-/m0/s1. The highest BCUT2D eigenvalue weighted by atomic mass is 16.6. The number of likely N-dealkylation sites (tertiary alicyclic amines) is 1. The van der Waals surface area contributed by atoms with Crippen molar-refractivity contribution in [3.8, 4) is 6.07 Å². The van der Waals surface area contributed by atoms with Gasteiger partial charge in [0.1, 0.15) is 6.04 Å². The molecule has 4 rings (SSSR count). The lowest BCUT2D eigenvalue weighted by atomic mass is 9.85. The number of benzene rings is 1. The number of nitrogens with one attached hydrogen (secondary N) is 1. The second-order valence-corrected chi connectivity index (χ2v) is 8.71. The van der Waals surface area contributed by atoms with Gasteiger partial charge in [-0.15, -0.1) is 0 Å². The fraction of sp³-hybridized carbons (Fsp3) is 0.591. The normalized spacial score (nSPS) is 25.2. The average molecular weight is 425 g/mol. The molecule has 1 saturated heterocycles. The first-order chi connectivity index (χ1) is 15.0. The summed E-state index contributed by atoms with van der Waals surface area (Å²) in [6.07, 6.45) is 4.83. The second kappa shape index (κ2) is 9.02. The number of rotatable bonds is 5. The second-order valence-electron chi connectivity index (χ2n) is 8.71. The molecule has 0 unspecified atom stereocenters. The Balaban J connectivity index is 1.24. The van der Waals surface area contributed by atoms with Crippen LogP contribution in [0.3, 0.4) is 0 Å². The third-order valence-corrected chi connectivity index (χ3v) is 6.78. The predicted molar refractivity (Wildman–Crippen MR) is 111 cm³/mol. The number of hydrogen-bond acceptors (Lipinski definition) is 6. The van der Waals surface area contributed by atoms with Gasteiger partial charge in [-0.05, 0) is 49.7 Å². The maximum atomic E-state index is 13.0. The fourth-order valence-corrected chi connectivity index (χ4v) is 4.99. The number of fused-ring (bicyclic) bond motifs is 1. The molecule has 2 aliphatic heterocycles. The van der Waals surface area contributed by atoms with Crippen LogP contribution >= 0.6 is 0 Å². The molecule has 1 N–H and O–H groups in total. The molecule has 2 fully saturated rings. The molecule has 1 aromatic carbocycles. The van der Waals surface area contributed by atoms with Crippen LogP contribution in [-0.4, -0.2) is 51.7 Å². The van der Waals surface area contributed by atoms with Crippen LogP contribution in [0.4, 0.5) is 5.69 Å². The van der Waals surface area contributed by atoms with Crippen LogP contribution in [0.1, 0.15) is 49.7 Å². The minimum absolute atomic E-state index is 0.0221. The van der Waals surface area contributed by atoms with Crippen LogP contribution < -0.4 is 5.32 Å². The third-order valence-electron chi connectivity index (χ3n) is 6.78. The summed E-state index contributed by atoms with van der Waals surface area (Å²) in [6.45, 7) is 1.83. The van der Waals surface area contributed by atoms with Crippen molar-refractivity contribution in [2.24, 2.45) is 5.92 Å². The van der Waals surface area contributed by atoms with Gasteiger partial charge in [-0.2, -0.15) is 5.26 Å². The van der Waals surface area contributed by atoms with Gasteiger partial charge in [0.25, 0.3) is 5.69 Å². The summed E-state index contributed by atoms with van der Waals surface area (Å²) in [6, 6.07) is 6.91. The Morgan fingerprint density at radius 2 is 1.90 bits per heavy atom. The summed E-state index contributed by atoms with van der Waals surface area (Å²) in [5.74, 6) is 0.0492. The number of hydrogen-bond donors (Lipinski definition) is 1. The van der Waals surface area contributed by atoms with Gasteiger partial charge < -0.3 is 15.1 Å². The molecular weight excluding hydrogens is 398 g/mol. The van der Waals surface area contributed by atoms with Crippen LogP contribution in [0.2, 0.25) is 0 Å². The van der Waals surface area contributed by atoms with E-state index in [0.29, 0.717) is 19.6 Å². The lowest BCUT2D eigenvalue weighted by molar-refractivity contribution is -0.384. The summed E-state index contributed by atoms with van der Waals surface area (Å²) in [5.41, 5.74) is 1.89. The largest absolute Gasteiger partial charge is 0.334 e. The molecule has 1 atom stereocenters. The molecule has 0 bridgehead atoms. The molecule has 9 heteroatoms. The number of carbonyl (C=O) groups is 2. The summed E-state index contributed by atoms with van der Waals surface area (Å²) in [7, 11) is 0. The van der Waals surface area contributed by atoms with Gasteiger partial charge >= 0.3 is 0 Å². The molecule has 31 heavy (non-hydrogen) atoms. The minimum Gasteiger partial charge on any atom is -0.334 e. The molecule has 0 aromatic heterocycles. The Hall–Kier alpha value is -2.99. The van der Waals surface area contributed by atoms with E-state index in [-0.39, 0.29) is 42.0 Å². The Morgan fingerprint density at radius 1 is 1.16 bits per heavy atom. The van der Waals surface area contributed by atoms with Gasteiger partial charge in [0.05, 0.1) is 17.5 Å². The van der Waals surface area contributed by atoms with Crippen LogP contribution in [-0.2, 0) is 22.7 Å². The van der Waals surface area contributed by atoms with Crippen LogP contribution in [0.15, 0.2) is 18.2 Å². The molecule has 2 heterocycles. The van der Waals surface area contributed by atoms with Gasteiger partial charge in [0.15, 0.2) is 0 Å². The van der Waals surface area contributed by atoms with Crippen LogP contribution in [0, 0.1) is 27.4 Å². The predicted octanol–water partition coefficient (Wildman–Crippen LogP) is 2.10. The molecule has 3 aliphatic rings. The van der Waals surface area contributed by atoms with E-state index in [1.165, 1.54) is 6.07 Å². The molecule has 2 amide bonds. The number of carbonyl (C=O) groups excluding carboxylic acids is 2. The first-order valence-electron chi connectivity index (χ1n) is 10.9. The van der Waals surface area contributed by atoms with Crippen molar-refractivity contribution >= 4 is 17.5 Å². The number of nitro benzene ring substituents is 1. The maximum Gasteiger partial charge on any atom is 0.269 e. The lowest BCUT2D eigenvalue weighted by Crippen LogP contribution is -2.45. The van der Waals surface area contributed by atoms with Crippen molar-refractivity contribution in [3.05, 3.63) is 39.4 Å². The van der Waals surface area contributed by atoms with Gasteiger partial charge in [0, 0.05) is 43.7 Å². The first-order valence-corrected chi connectivity index (χ1v) is 10.9. The fourth-order valence-electron chi connectivity index (χ4n) is 4.99. The molecule has 1 aliphatic carbocycles. The smallest absolute Gasteiger partial charge is 0.269 e. The Bertz CT molecular complexity index is 919. The monoisotopic (exact) mass is 425 g/mol. The number of nitriles is 1. The highest BCUT2D eigenvalue weighted by Crippen LogP contribution is 2.31. The van der Waals surface area contributed by atoms with E-state index in [1.807, 2.05) is 0 Å². The van der Waals surface area contributed by atoms with E-state index >= 15 is 0 Å². The van der Waals surface area contributed by atoms with Crippen LogP contribution in [0.5, 0.6) is 0 Å². The number of nitrogens with zero attached hydrogens (tertiary/aromatic N) is 4. The van der Waals surface area contributed by atoms with Crippen molar-refractivity contribution in [1.82, 2.24) is 15.1 Å². The molecule has 0 spiro atoms. The van der Waals surface area contributed by atoms with Gasteiger partial charge in [-0.3, -0.25) is 19.7 Å². The van der Waals surface area contributed by atoms with Crippen molar-refractivity contribution in [1.29, 1.82) is 5.26 Å². The molecule has 164 valence electrons. The van der Waals surface area contributed by atoms with E-state index in [0.717, 1.165) is 49.7 Å². The number of amides is 2. The molecular formula is C22H27N5O4. The van der Waals surface area contributed by atoms with E-state index in [2.05, 4.69) is 11.4 Å². The molecule has 1 aromatic rings. The average Bonchev–Trinajstić information content (AvgIpc) is 3.43. The Morgan fingerprint density at radius 3 is 2.61 bits per heavy atom. The Labute approximate surface area is 181 Å². The number of non-ortho nitro benzene ring substituents is 1. The van der Waals surface area contributed by atoms with Crippen molar-refractivity contribution in [2.45, 2.75) is 63.7 Å². The van der Waals surface area contributed by atoms with Crippen molar-refractivity contribution in [2.75, 3.05) is 13.1 Å². The zero-order valence-electron chi connectivity index (χ0n) is 17.5. The lowest BCUT2D eigenvalue weighted by Gasteiger charge is -2.31. The van der Waals surface area contributed by atoms with Crippen molar-refractivity contribution < 1.29 is 14.5 Å². The highest BCUT2D eigenvalue weighted by molar-refractivity contribution is 5.80. The minimum atomic E-state index is -0.409. The summed E-state index contributed by atoms with van der Waals surface area (Å²) < 4.78 is 0. The zero-order chi connectivity index (χ0) is 22.0. The maximum absolute atomic E-state index is 13.0. The SMILES string of the molecule is N#C[C@@H]1CCCN1C(=O)CNC1CCC(C(=O)N2Cc3ccc([N+](=O)[O-])cc3C2)CC1. The zero-order valence-corrected chi connectivity index (χ0v) is 17.5. The van der Waals surface area contributed by atoms with E-state index in [4.69, 9.17) is 5.26 Å². The molecule has 1 saturated carbocycles. The molecule has 0 radical (unpaired) electrons. The van der Waals surface area contributed by atoms with Gasteiger partial charge in [-0.25, -0.2) is 0 Å². The van der Waals surface area contributed by atoms with E-state index < -0.39 is 4.92 Å². The quantitative estimate of drug-likeness (QED) is 0.570.